The number of hydrogen-bond acceptors (Lipinski definition) is 6. The summed E-state index contributed by atoms with van der Waals surface area (Å²) in [4.78, 5) is 34.0. The number of halogens is 1. The molecule has 1 aliphatic heterocycles. The predicted octanol–water partition coefficient (Wildman–Crippen LogP) is 2.38. The lowest BCUT2D eigenvalue weighted by Crippen LogP contribution is -2.28. The zero-order valence-corrected chi connectivity index (χ0v) is 13.1. The van der Waals surface area contributed by atoms with Crippen LogP contribution in [0.2, 0.25) is 0 Å². The Balaban J connectivity index is 2.67. The van der Waals surface area contributed by atoms with E-state index in [1.54, 1.807) is 13.0 Å². The van der Waals surface area contributed by atoms with Crippen molar-refractivity contribution in [3.05, 3.63) is 61.9 Å². The van der Waals surface area contributed by atoms with Gasteiger partial charge in [-0.05, 0) is 12.5 Å². The van der Waals surface area contributed by atoms with Gasteiger partial charge in [-0.3, -0.25) is 14.9 Å². The van der Waals surface area contributed by atoms with Gasteiger partial charge in [-0.2, -0.15) is 0 Å². The van der Waals surface area contributed by atoms with Gasteiger partial charge in [0.05, 0.1) is 17.6 Å². The third kappa shape index (κ3) is 3.09. The average molecular weight is 337 g/mol. The number of esters is 1. The van der Waals surface area contributed by atoms with E-state index in [1.165, 1.54) is 25.3 Å². The molecule has 0 spiro atoms. The number of ether oxygens (including phenoxy) is 1. The van der Waals surface area contributed by atoms with Crippen molar-refractivity contribution in [2.24, 2.45) is 0 Å². The lowest BCUT2D eigenvalue weighted by molar-refractivity contribution is -0.384. The van der Waals surface area contributed by atoms with Gasteiger partial charge in [0, 0.05) is 29.3 Å². The minimum atomic E-state index is -0.839. The van der Waals surface area contributed by atoms with Crippen molar-refractivity contribution in [1.82, 2.24) is 5.32 Å². The number of aldehydes is 1. The molecule has 120 valence electrons. The van der Waals surface area contributed by atoms with Crippen LogP contribution in [0.4, 0.5) is 5.69 Å². The lowest BCUT2D eigenvalue weighted by atomic mass is 9.82. The van der Waals surface area contributed by atoms with Crippen LogP contribution in [0.15, 0.2) is 46.3 Å². The minimum Gasteiger partial charge on any atom is -0.466 e. The molecule has 1 heterocycles. The topological polar surface area (TPSA) is 98.5 Å². The molecule has 23 heavy (non-hydrogen) atoms. The number of benzene rings is 1. The van der Waals surface area contributed by atoms with E-state index < -0.39 is 16.8 Å². The Kier molecular flexibility index (Phi) is 4.80. The molecule has 0 aromatic heterocycles. The van der Waals surface area contributed by atoms with Gasteiger partial charge < -0.3 is 10.1 Å². The molecule has 0 saturated heterocycles. The standard InChI is InChI=1S/C15H13ClN2O5/c1-8-12(15(20)23-2)13(11(7-19)14(16)17-8)9-4-3-5-10(6-9)18(21)22/h3-7,13,17H,1-2H3. The van der Waals surface area contributed by atoms with E-state index in [0.29, 0.717) is 17.5 Å². The molecule has 1 atom stereocenters. The number of hydrogen-bond donors (Lipinski definition) is 1. The summed E-state index contributed by atoms with van der Waals surface area (Å²) in [6, 6.07) is 5.70. The highest BCUT2D eigenvalue weighted by Gasteiger charge is 2.34. The second-order valence-corrected chi connectivity index (χ2v) is 5.21. The van der Waals surface area contributed by atoms with Gasteiger partial charge in [0.2, 0.25) is 0 Å². The Morgan fingerprint density at radius 2 is 2.17 bits per heavy atom. The summed E-state index contributed by atoms with van der Waals surface area (Å²) >= 11 is 6.05. The number of rotatable bonds is 4. The highest BCUT2D eigenvalue weighted by Crippen LogP contribution is 2.39. The fourth-order valence-electron chi connectivity index (χ4n) is 2.47. The van der Waals surface area contributed by atoms with Gasteiger partial charge in [-0.1, -0.05) is 23.7 Å². The Labute approximate surface area is 136 Å². The van der Waals surface area contributed by atoms with Crippen LogP contribution in [0.25, 0.3) is 0 Å². The highest BCUT2D eigenvalue weighted by molar-refractivity contribution is 6.31. The van der Waals surface area contributed by atoms with Crippen LogP contribution >= 0.6 is 11.6 Å². The number of nitrogens with one attached hydrogen (secondary N) is 1. The molecule has 1 aromatic carbocycles. The molecule has 1 aliphatic rings. The van der Waals surface area contributed by atoms with Gasteiger partial charge >= 0.3 is 5.97 Å². The summed E-state index contributed by atoms with van der Waals surface area (Å²) in [5.74, 6) is -1.48. The maximum absolute atomic E-state index is 12.1. The monoisotopic (exact) mass is 336 g/mol. The van der Waals surface area contributed by atoms with E-state index in [9.17, 15) is 19.7 Å². The molecule has 0 fully saturated rings. The molecule has 0 saturated carbocycles. The Hall–Kier alpha value is -2.67. The van der Waals surface area contributed by atoms with Crippen LogP contribution in [0.3, 0.4) is 0 Å². The van der Waals surface area contributed by atoms with Crippen molar-refractivity contribution < 1.29 is 19.2 Å². The number of carbonyl (C=O) groups is 2. The SMILES string of the molecule is COC(=O)C1=C(C)NC(Cl)=C(C=O)C1c1cccc([N+](=O)[O-])c1. The third-order valence-electron chi connectivity index (χ3n) is 3.50. The van der Waals surface area contributed by atoms with Gasteiger partial charge in [0.25, 0.3) is 5.69 Å². The van der Waals surface area contributed by atoms with Crippen molar-refractivity contribution in [3.63, 3.8) is 0 Å². The fourth-order valence-corrected chi connectivity index (χ4v) is 2.76. The fraction of sp³-hybridized carbons (Fsp3) is 0.200. The summed E-state index contributed by atoms with van der Waals surface area (Å²) < 4.78 is 4.77. The van der Waals surface area contributed by atoms with Crippen LogP contribution in [0, 0.1) is 10.1 Å². The van der Waals surface area contributed by atoms with E-state index in [0.717, 1.165) is 0 Å². The first-order valence-corrected chi connectivity index (χ1v) is 6.93. The Morgan fingerprint density at radius 1 is 1.48 bits per heavy atom. The maximum atomic E-state index is 12.1. The van der Waals surface area contributed by atoms with Gasteiger partial charge in [-0.15, -0.1) is 0 Å². The molecular formula is C15H13ClN2O5. The number of methoxy groups -OCH3 is 1. The van der Waals surface area contributed by atoms with Crippen molar-refractivity contribution in [1.29, 1.82) is 0 Å². The molecule has 1 aromatic rings. The average Bonchev–Trinajstić information content (AvgIpc) is 2.53. The summed E-state index contributed by atoms with van der Waals surface area (Å²) in [5.41, 5.74) is 0.964. The molecule has 0 aliphatic carbocycles. The molecule has 0 radical (unpaired) electrons. The largest absolute Gasteiger partial charge is 0.466 e. The summed E-state index contributed by atoms with van der Waals surface area (Å²) in [5, 5.41) is 13.8. The zero-order valence-electron chi connectivity index (χ0n) is 12.3. The number of dihydropyridines is 1. The summed E-state index contributed by atoms with van der Waals surface area (Å²) in [6.07, 6.45) is 0.522. The first-order chi connectivity index (χ1) is 10.9. The smallest absolute Gasteiger partial charge is 0.336 e. The van der Waals surface area contributed by atoms with Crippen LogP contribution in [0.1, 0.15) is 18.4 Å². The van der Waals surface area contributed by atoms with Gasteiger partial charge in [0.15, 0.2) is 0 Å². The molecule has 2 rings (SSSR count). The second-order valence-electron chi connectivity index (χ2n) is 4.83. The van der Waals surface area contributed by atoms with E-state index in [-0.39, 0.29) is 22.0 Å². The molecule has 0 amide bonds. The Morgan fingerprint density at radius 3 is 2.74 bits per heavy atom. The first-order valence-electron chi connectivity index (χ1n) is 6.56. The Bertz CT molecular complexity index is 754. The quantitative estimate of drug-likeness (QED) is 0.298. The lowest BCUT2D eigenvalue weighted by Gasteiger charge is -2.27. The van der Waals surface area contributed by atoms with Crippen LogP contribution in [-0.2, 0) is 14.3 Å². The van der Waals surface area contributed by atoms with Crippen LogP contribution < -0.4 is 5.32 Å². The predicted molar refractivity (Wildman–Crippen MR) is 82.6 cm³/mol. The van der Waals surface area contributed by atoms with E-state index in [4.69, 9.17) is 16.3 Å². The molecule has 0 bridgehead atoms. The second kappa shape index (κ2) is 6.62. The minimum absolute atomic E-state index is 0.0710. The van der Waals surface area contributed by atoms with Gasteiger partial charge in [0.1, 0.15) is 11.4 Å². The number of nitrogens with zero attached hydrogens (tertiary/aromatic N) is 1. The van der Waals surface area contributed by atoms with E-state index >= 15 is 0 Å². The maximum Gasteiger partial charge on any atom is 0.336 e. The normalized spacial score (nSPS) is 17.6. The van der Waals surface area contributed by atoms with Crippen molar-refractivity contribution in [3.8, 4) is 0 Å². The molecule has 8 heteroatoms. The molecule has 1 unspecified atom stereocenters. The number of non-ortho nitro benzene ring substituents is 1. The first kappa shape index (κ1) is 16.7. The third-order valence-corrected chi connectivity index (χ3v) is 3.81. The number of nitro benzene ring substituents is 1. The van der Waals surface area contributed by atoms with Crippen molar-refractivity contribution in [2.45, 2.75) is 12.8 Å². The van der Waals surface area contributed by atoms with E-state index in [2.05, 4.69) is 5.32 Å². The summed E-state index contributed by atoms with van der Waals surface area (Å²) in [6.45, 7) is 1.61. The van der Waals surface area contributed by atoms with Crippen LogP contribution in [-0.4, -0.2) is 24.3 Å². The molecule has 1 N–H and O–H groups in total. The van der Waals surface area contributed by atoms with Crippen LogP contribution in [0.5, 0.6) is 0 Å². The number of nitro groups is 1. The molecular weight excluding hydrogens is 324 g/mol. The van der Waals surface area contributed by atoms with Gasteiger partial charge in [-0.25, -0.2) is 4.79 Å². The summed E-state index contributed by atoms with van der Waals surface area (Å²) in [7, 11) is 1.22. The molecule has 7 nitrogen and oxygen atoms in total. The van der Waals surface area contributed by atoms with Crippen molar-refractivity contribution >= 4 is 29.5 Å². The number of carbonyl (C=O) groups excluding carboxylic acids is 2. The zero-order chi connectivity index (χ0) is 17.1. The van der Waals surface area contributed by atoms with E-state index in [1.807, 2.05) is 0 Å². The highest BCUT2D eigenvalue weighted by atomic mass is 35.5. The van der Waals surface area contributed by atoms with Crippen molar-refractivity contribution in [2.75, 3.05) is 7.11 Å². The number of allylic oxidation sites excluding steroid dienone is 2.